The third kappa shape index (κ3) is 1.60. The molecule has 0 N–H and O–H groups in total. The number of hydrogen-bond donors (Lipinski definition) is 0. The zero-order valence-corrected chi connectivity index (χ0v) is 9.71. The number of fused-ring (bicyclic) bond motifs is 1. The van der Waals surface area contributed by atoms with Gasteiger partial charge >= 0.3 is 0 Å². The van der Waals surface area contributed by atoms with Gasteiger partial charge in [-0.2, -0.15) is 0 Å². The molecule has 2 aromatic rings. The first kappa shape index (κ1) is 9.81. The predicted octanol–water partition coefficient (Wildman–Crippen LogP) is 3.96. The van der Waals surface area contributed by atoms with Crippen molar-refractivity contribution in [3.05, 3.63) is 29.3 Å². The molecule has 2 rings (SSSR count). The van der Waals surface area contributed by atoms with Crippen molar-refractivity contribution >= 4 is 33.0 Å². The van der Waals surface area contributed by atoms with Crippen molar-refractivity contribution < 1.29 is 4.74 Å². The normalized spacial score (nSPS) is 10.8. The van der Waals surface area contributed by atoms with Gasteiger partial charge in [-0.15, -0.1) is 11.6 Å². The number of benzene rings is 1. The monoisotopic (exact) mass is 226 g/mol. The van der Waals surface area contributed by atoms with Crippen LogP contribution in [0.15, 0.2) is 18.2 Å². The van der Waals surface area contributed by atoms with E-state index >= 15 is 0 Å². The van der Waals surface area contributed by atoms with Gasteiger partial charge in [0.2, 0.25) is 0 Å². The van der Waals surface area contributed by atoms with Crippen molar-refractivity contribution in [2.24, 2.45) is 0 Å². The van der Waals surface area contributed by atoms with Gasteiger partial charge in [0.25, 0.3) is 0 Å². The average Bonchev–Trinajstić information content (AvgIpc) is 2.61. The van der Waals surface area contributed by atoms with Crippen LogP contribution in [-0.2, 0) is 5.88 Å². The fourth-order valence-corrected chi connectivity index (χ4v) is 2.71. The summed E-state index contributed by atoms with van der Waals surface area (Å²) in [6.45, 7) is 2.10. The Morgan fingerprint density at radius 2 is 2.14 bits per heavy atom. The topological polar surface area (TPSA) is 9.23 Å². The van der Waals surface area contributed by atoms with Crippen molar-refractivity contribution in [2.75, 3.05) is 7.11 Å². The van der Waals surface area contributed by atoms with Crippen LogP contribution in [0, 0.1) is 6.92 Å². The summed E-state index contributed by atoms with van der Waals surface area (Å²) in [5, 5.41) is 2.22. The molecule has 1 aromatic heterocycles. The van der Waals surface area contributed by atoms with Gasteiger partial charge in [-0.25, -0.2) is 0 Å². The maximum absolute atomic E-state index is 5.81. The van der Waals surface area contributed by atoms with E-state index in [-0.39, 0.29) is 0 Å². The highest BCUT2D eigenvalue weighted by atomic mass is 35.5. The molecule has 0 radical (unpaired) electrons. The lowest BCUT2D eigenvalue weighted by molar-refractivity contribution is 0.427. The van der Waals surface area contributed by atoms with Crippen LogP contribution < -0.4 is 4.74 Å². The summed E-state index contributed by atoms with van der Waals surface area (Å²) < 4.78 is 6.46. The van der Waals surface area contributed by atoms with E-state index in [2.05, 4.69) is 25.1 Å². The van der Waals surface area contributed by atoms with E-state index in [1.54, 1.807) is 18.4 Å². The molecule has 0 unspecified atom stereocenters. The molecule has 1 heterocycles. The minimum Gasteiger partial charge on any atom is -0.487 e. The van der Waals surface area contributed by atoms with Crippen LogP contribution in [0.25, 0.3) is 10.1 Å². The van der Waals surface area contributed by atoms with Crippen molar-refractivity contribution in [3.63, 3.8) is 0 Å². The first-order chi connectivity index (χ1) is 6.74. The van der Waals surface area contributed by atoms with Gasteiger partial charge in [0.05, 0.1) is 7.11 Å². The lowest BCUT2D eigenvalue weighted by atomic mass is 10.1. The fourth-order valence-electron chi connectivity index (χ4n) is 1.54. The SMILES string of the molecule is COc1cc2c(C)cc(CCl)cc2s1. The zero-order chi connectivity index (χ0) is 10.1. The molecule has 1 aromatic carbocycles. The summed E-state index contributed by atoms with van der Waals surface area (Å²) in [7, 11) is 1.70. The zero-order valence-electron chi connectivity index (χ0n) is 8.13. The second-order valence-electron chi connectivity index (χ2n) is 3.23. The second-order valence-corrected chi connectivity index (χ2v) is 4.54. The summed E-state index contributed by atoms with van der Waals surface area (Å²) in [4.78, 5) is 0. The number of methoxy groups -OCH3 is 1. The van der Waals surface area contributed by atoms with Gasteiger partial charge in [0.1, 0.15) is 0 Å². The van der Waals surface area contributed by atoms with E-state index in [9.17, 15) is 0 Å². The molecule has 0 atom stereocenters. The molecule has 14 heavy (non-hydrogen) atoms. The number of hydrogen-bond acceptors (Lipinski definition) is 2. The molecule has 0 amide bonds. The van der Waals surface area contributed by atoms with Crippen molar-refractivity contribution in [3.8, 4) is 5.06 Å². The van der Waals surface area contributed by atoms with Crippen molar-refractivity contribution in [1.29, 1.82) is 0 Å². The lowest BCUT2D eigenvalue weighted by Crippen LogP contribution is -1.80. The van der Waals surface area contributed by atoms with E-state index in [0.717, 1.165) is 5.06 Å². The first-order valence-electron chi connectivity index (χ1n) is 4.37. The molecule has 0 fully saturated rings. The number of ether oxygens (including phenoxy) is 1. The predicted molar refractivity (Wildman–Crippen MR) is 62.7 cm³/mol. The number of halogens is 1. The second kappa shape index (κ2) is 3.79. The smallest absolute Gasteiger partial charge is 0.174 e. The summed E-state index contributed by atoms with van der Waals surface area (Å²) in [5.41, 5.74) is 2.43. The number of rotatable bonds is 2. The summed E-state index contributed by atoms with van der Waals surface area (Å²) in [6.07, 6.45) is 0. The Morgan fingerprint density at radius 3 is 2.79 bits per heavy atom. The molecule has 0 saturated heterocycles. The number of alkyl halides is 1. The molecule has 0 bridgehead atoms. The fraction of sp³-hybridized carbons (Fsp3) is 0.273. The third-order valence-electron chi connectivity index (χ3n) is 2.24. The first-order valence-corrected chi connectivity index (χ1v) is 5.72. The van der Waals surface area contributed by atoms with Gasteiger partial charge in [0, 0.05) is 10.6 Å². The number of aryl methyl sites for hydroxylation is 1. The summed E-state index contributed by atoms with van der Waals surface area (Å²) in [5.74, 6) is 0.566. The largest absolute Gasteiger partial charge is 0.487 e. The quantitative estimate of drug-likeness (QED) is 0.705. The Balaban J connectivity index is 2.67. The summed E-state index contributed by atoms with van der Waals surface area (Å²) in [6, 6.07) is 6.33. The van der Waals surface area contributed by atoms with Crippen LogP contribution >= 0.6 is 22.9 Å². The Kier molecular flexibility index (Phi) is 2.66. The van der Waals surface area contributed by atoms with Crippen LogP contribution in [0.5, 0.6) is 5.06 Å². The Bertz CT molecular complexity index is 462. The van der Waals surface area contributed by atoms with Crippen LogP contribution in [0.4, 0.5) is 0 Å². The standard InChI is InChI=1S/C11H11ClOS/c1-7-3-8(6-12)4-10-9(7)5-11(13-2)14-10/h3-5H,6H2,1-2H3. The van der Waals surface area contributed by atoms with E-state index in [4.69, 9.17) is 16.3 Å². The van der Waals surface area contributed by atoms with Crippen molar-refractivity contribution in [2.45, 2.75) is 12.8 Å². The van der Waals surface area contributed by atoms with Crippen LogP contribution in [0.1, 0.15) is 11.1 Å². The molecular weight excluding hydrogens is 216 g/mol. The molecule has 0 aliphatic heterocycles. The summed E-state index contributed by atoms with van der Waals surface area (Å²) >= 11 is 7.47. The van der Waals surface area contributed by atoms with Crippen LogP contribution in [0.2, 0.25) is 0 Å². The molecule has 0 saturated carbocycles. The molecule has 1 nitrogen and oxygen atoms in total. The van der Waals surface area contributed by atoms with Gasteiger partial charge < -0.3 is 4.74 Å². The third-order valence-corrected chi connectivity index (χ3v) is 3.59. The maximum Gasteiger partial charge on any atom is 0.174 e. The Hall–Kier alpha value is -0.730. The van der Waals surface area contributed by atoms with E-state index < -0.39 is 0 Å². The van der Waals surface area contributed by atoms with Gasteiger partial charge in [-0.3, -0.25) is 0 Å². The minimum absolute atomic E-state index is 0.566. The molecule has 74 valence electrons. The molecule has 0 aliphatic rings. The van der Waals surface area contributed by atoms with Gasteiger partial charge in [0.15, 0.2) is 5.06 Å². The maximum atomic E-state index is 5.81. The molecule has 0 aliphatic carbocycles. The average molecular weight is 227 g/mol. The Labute approximate surface area is 92.3 Å². The number of thiophene rings is 1. The van der Waals surface area contributed by atoms with Gasteiger partial charge in [-0.05, 0) is 35.6 Å². The van der Waals surface area contributed by atoms with E-state index in [0.29, 0.717) is 5.88 Å². The van der Waals surface area contributed by atoms with Gasteiger partial charge in [-0.1, -0.05) is 17.4 Å². The Morgan fingerprint density at radius 1 is 1.36 bits per heavy atom. The highest BCUT2D eigenvalue weighted by molar-refractivity contribution is 7.20. The van der Waals surface area contributed by atoms with E-state index in [1.165, 1.54) is 21.2 Å². The van der Waals surface area contributed by atoms with Crippen LogP contribution in [0.3, 0.4) is 0 Å². The molecule has 3 heteroatoms. The molecule has 0 spiro atoms. The highest BCUT2D eigenvalue weighted by Gasteiger charge is 2.05. The van der Waals surface area contributed by atoms with E-state index in [1.807, 2.05) is 0 Å². The minimum atomic E-state index is 0.566. The lowest BCUT2D eigenvalue weighted by Gasteiger charge is -1.99. The van der Waals surface area contributed by atoms with Crippen molar-refractivity contribution in [1.82, 2.24) is 0 Å². The molecular formula is C11H11ClOS. The highest BCUT2D eigenvalue weighted by Crippen LogP contribution is 2.34. The van der Waals surface area contributed by atoms with Crippen LogP contribution in [-0.4, -0.2) is 7.11 Å².